The summed E-state index contributed by atoms with van der Waals surface area (Å²) in [7, 11) is 1.70. The lowest BCUT2D eigenvalue weighted by Gasteiger charge is -2.11. The average molecular weight is 412 g/mol. The van der Waals surface area contributed by atoms with Gasteiger partial charge in [-0.15, -0.1) is 0 Å². The molecule has 162 valence electrons. The van der Waals surface area contributed by atoms with Gasteiger partial charge in [0, 0.05) is 18.7 Å². The summed E-state index contributed by atoms with van der Waals surface area (Å²) in [4.78, 5) is 8.66. The van der Waals surface area contributed by atoms with Crippen LogP contribution in [0, 0.1) is 0 Å². The van der Waals surface area contributed by atoms with Crippen molar-refractivity contribution in [3.05, 3.63) is 35.5 Å². The van der Waals surface area contributed by atoms with Crippen LogP contribution in [0.2, 0.25) is 0 Å². The number of aromatic nitrogens is 4. The maximum Gasteiger partial charge on any atom is 0.222 e. The minimum Gasteiger partial charge on any atom is -0.496 e. The molecule has 2 heterocycles. The van der Waals surface area contributed by atoms with Crippen molar-refractivity contribution in [2.75, 3.05) is 31.2 Å². The first-order chi connectivity index (χ1) is 14.6. The van der Waals surface area contributed by atoms with E-state index in [1.54, 1.807) is 7.11 Å². The van der Waals surface area contributed by atoms with Gasteiger partial charge in [-0.05, 0) is 31.0 Å². The van der Waals surface area contributed by atoms with Gasteiger partial charge in [-0.25, -0.2) is 4.98 Å². The van der Waals surface area contributed by atoms with Gasteiger partial charge in [0.1, 0.15) is 11.3 Å². The van der Waals surface area contributed by atoms with E-state index >= 15 is 0 Å². The second kappa shape index (κ2) is 10.8. The number of hydrogen-bond acceptors (Lipinski definition) is 7. The Morgan fingerprint density at radius 1 is 1.10 bits per heavy atom. The topological polar surface area (TPSA) is 103 Å². The van der Waals surface area contributed by atoms with Crippen LogP contribution in [0.4, 0.5) is 11.8 Å². The quantitative estimate of drug-likeness (QED) is 0.392. The van der Waals surface area contributed by atoms with Crippen LogP contribution >= 0.6 is 0 Å². The van der Waals surface area contributed by atoms with Gasteiger partial charge in [-0.2, -0.15) is 10.1 Å². The molecule has 0 aliphatic carbocycles. The minimum atomic E-state index is 0.249. The first-order valence-corrected chi connectivity index (χ1v) is 10.8. The van der Waals surface area contributed by atoms with Gasteiger partial charge in [0.05, 0.1) is 19.9 Å². The molecule has 0 radical (unpaired) electrons. The van der Waals surface area contributed by atoms with Crippen LogP contribution in [0.25, 0.3) is 11.0 Å². The van der Waals surface area contributed by atoms with Crippen molar-refractivity contribution in [2.45, 2.75) is 52.6 Å². The molecule has 0 unspecified atom stereocenters. The number of fused-ring (bicyclic) bond motifs is 1. The molecule has 8 nitrogen and oxygen atoms in total. The van der Waals surface area contributed by atoms with Gasteiger partial charge in [0.2, 0.25) is 5.95 Å². The maximum absolute atomic E-state index is 5.89. The molecule has 30 heavy (non-hydrogen) atoms. The minimum absolute atomic E-state index is 0.249. The molecule has 0 amide bonds. The first-order valence-electron chi connectivity index (χ1n) is 10.8. The highest BCUT2D eigenvalue weighted by Gasteiger charge is 2.13. The van der Waals surface area contributed by atoms with Crippen molar-refractivity contribution in [3.63, 3.8) is 0 Å². The Morgan fingerprint density at radius 2 is 1.90 bits per heavy atom. The third-order valence-electron chi connectivity index (χ3n) is 4.97. The molecule has 3 aromatic rings. The van der Waals surface area contributed by atoms with Crippen LogP contribution in [-0.4, -0.2) is 39.9 Å². The molecule has 0 aliphatic heterocycles. The summed E-state index contributed by atoms with van der Waals surface area (Å²) < 4.78 is 7.50. The Hall–Kier alpha value is -2.87. The average Bonchev–Trinajstić information content (AvgIpc) is 3.14. The van der Waals surface area contributed by atoms with E-state index in [1.165, 1.54) is 18.4 Å². The number of unbranched alkanes of at least 4 members (excludes halogenated alkanes) is 2. The second-order valence-electron chi connectivity index (χ2n) is 7.45. The fraction of sp³-hybridized carbons (Fsp3) is 0.500. The molecular weight excluding hydrogens is 378 g/mol. The summed E-state index contributed by atoms with van der Waals surface area (Å²) in [6, 6.07) is 6.32. The molecule has 0 atom stereocenters. The number of nitrogens with zero attached hydrogens (tertiary/aromatic N) is 4. The number of methoxy groups -OCH3 is 1. The molecule has 2 aromatic heterocycles. The van der Waals surface area contributed by atoms with E-state index in [0.29, 0.717) is 12.4 Å². The predicted molar refractivity (Wildman–Crippen MR) is 122 cm³/mol. The largest absolute Gasteiger partial charge is 0.496 e. The van der Waals surface area contributed by atoms with Gasteiger partial charge in [0.15, 0.2) is 11.3 Å². The maximum atomic E-state index is 5.89. The van der Waals surface area contributed by atoms with Crippen molar-refractivity contribution in [1.82, 2.24) is 25.1 Å². The zero-order valence-corrected chi connectivity index (χ0v) is 18.2. The lowest BCUT2D eigenvalue weighted by Crippen LogP contribution is -2.14. The molecule has 4 N–H and O–H groups in total. The zero-order chi connectivity index (χ0) is 21.3. The molecule has 0 spiro atoms. The van der Waals surface area contributed by atoms with Gasteiger partial charge >= 0.3 is 0 Å². The van der Waals surface area contributed by atoms with Gasteiger partial charge in [-0.1, -0.05) is 38.8 Å². The Labute approximate surface area is 178 Å². The van der Waals surface area contributed by atoms with Crippen LogP contribution < -0.4 is 21.1 Å². The molecule has 1 aromatic carbocycles. The van der Waals surface area contributed by atoms with E-state index in [-0.39, 0.29) is 5.95 Å². The molecule has 0 aliphatic rings. The summed E-state index contributed by atoms with van der Waals surface area (Å²) in [5.41, 5.74) is 9.62. The Morgan fingerprint density at radius 3 is 2.67 bits per heavy atom. The number of nitrogen functional groups attached to an aromatic ring is 1. The van der Waals surface area contributed by atoms with Crippen LogP contribution in [-0.2, 0) is 13.1 Å². The number of nitrogens with two attached hydrogens (primary N) is 1. The highest BCUT2D eigenvalue weighted by Crippen LogP contribution is 2.24. The lowest BCUT2D eigenvalue weighted by atomic mass is 10.1. The van der Waals surface area contributed by atoms with Crippen molar-refractivity contribution in [1.29, 1.82) is 0 Å². The van der Waals surface area contributed by atoms with Gasteiger partial charge in [-0.3, -0.25) is 4.68 Å². The number of anilines is 2. The number of nitrogens with one attached hydrogen (secondary N) is 2. The number of rotatable bonds is 12. The molecule has 3 rings (SSSR count). The standard InChI is InChI=1S/C22H33N7O/c1-4-6-10-24-13-16-8-9-17(19(12-16)30-3)14-29-15-18-20(28-29)21(25-11-7-5-2)27-22(23)26-18/h8-9,12,15,24H,4-7,10-11,13-14H2,1-3H3,(H3,23,25,26,27). The highest BCUT2D eigenvalue weighted by atomic mass is 16.5. The molecule has 0 saturated carbocycles. The van der Waals surface area contributed by atoms with E-state index in [0.717, 1.165) is 54.8 Å². The summed E-state index contributed by atoms with van der Waals surface area (Å²) >= 11 is 0. The monoisotopic (exact) mass is 411 g/mol. The third kappa shape index (κ3) is 5.60. The van der Waals surface area contributed by atoms with Crippen molar-refractivity contribution < 1.29 is 4.74 Å². The van der Waals surface area contributed by atoms with E-state index in [2.05, 4.69) is 52.6 Å². The third-order valence-corrected chi connectivity index (χ3v) is 4.97. The van der Waals surface area contributed by atoms with Gasteiger partial charge in [0.25, 0.3) is 0 Å². The normalized spacial score (nSPS) is 11.2. The fourth-order valence-electron chi connectivity index (χ4n) is 3.30. The Balaban J connectivity index is 1.77. The second-order valence-corrected chi connectivity index (χ2v) is 7.45. The van der Waals surface area contributed by atoms with Crippen molar-refractivity contribution in [3.8, 4) is 5.75 Å². The van der Waals surface area contributed by atoms with Crippen LogP contribution in [0.15, 0.2) is 24.4 Å². The van der Waals surface area contributed by atoms with E-state index in [9.17, 15) is 0 Å². The Kier molecular flexibility index (Phi) is 7.84. The summed E-state index contributed by atoms with van der Waals surface area (Å²) in [6.07, 6.45) is 6.44. The fourth-order valence-corrected chi connectivity index (χ4v) is 3.30. The van der Waals surface area contributed by atoms with Crippen molar-refractivity contribution >= 4 is 22.8 Å². The smallest absolute Gasteiger partial charge is 0.222 e. The SMILES string of the molecule is CCCCNCc1ccc(Cn2cc3nc(N)nc(NCCCC)c3n2)c(OC)c1. The van der Waals surface area contributed by atoms with Crippen molar-refractivity contribution in [2.24, 2.45) is 0 Å². The first kappa shape index (κ1) is 21.8. The molecule has 8 heteroatoms. The molecule has 0 bridgehead atoms. The molecular formula is C22H33N7O. The number of ether oxygens (including phenoxy) is 1. The summed E-state index contributed by atoms with van der Waals surface area (Å²) in [6.45, 7) is 7.62. The summed E-state index contributed by atoms with van der Waals surface area (Å²) in [5.74, 6) is 1.79. The lowest BCUT2D eigenvalue weighted by molar-refractivity contribution is 0.406. The number of benzene rings is 1. The molecule has 0 fully saturated rings. The highest BCUT2D eigenvalue weighted by molar-refractivity contribution is 5.85. The van der Waals surface area contributed by atoms with E-state index in [1.807, 2.05) is 10.9 Å². The molecule has 0 saturated heterocycles. The van der Waals surface area contributed by atoms with Crippen LogP contribution in [0.1, 0.15) is 50.7 Å². The van der Waals surface area contributed by atoms with E-state index in [4.69, 9.17) is 15.6 Å². The van der Waals surface area contributed by atoms with E-state index < -0.39 is 0 Å². The summed E-state index contributed by atoms with van der Waals surface area (Å²) in [5, 5.41) is 11.5. The Bertz CT molecular complexity index is 954. The zero-order valence-electron chi connectivity index (χ0n) is 18.2. The van der Waals surface area contributed by atoms with Crippen LogP contribution in [0.3, 0.4) is 0 Å². The number of hydrogen-bond donors (Lipinski definition) is 3. The van der Waals surface area contributed by atoms with Crippen LogP contribution in [0.5, 0.6) is 5.75 Å². The predicted octanol–water partition coefficient (Wildman–Crippen LogP) is 3.57. The van der Waals surface area contributed by atoms with Gasteiger partial charge < -0.3 is 21.1 Å².